The van der Waals surface area contributed by atoms with Crippen LogP contribution >= 0.6 is 0 Å². The maximum atomic E-state index is 11.9. The average Bonchev–Trinajstić information content (AvgIpc) is 2.81. The molecule has 2 atom stereocenters. The van der Waals surface area contributed by atoms with Crippen molar-refractivity contribution in [1.82, 2.24) is 0 Å². The van der Waals surface area contributed by atoms with Crippen molar-refractivity contribution in [3.63, 3.8) is 0 Å². The SMILES string of the molecule is COc1ccc(C(O)c2cc(C)cc3c2NC(=O)C3C)cc1. The van der Waals surface area contributed by atoms with E-state index in [1.165, 1.54) is 0 Å². The third kappa shape index (κ3) is 2.35. The van der Waals surface area contributed by atoms with Crippen LogP contribution in [0.4, 0.5) is 5.69 Å². The molecule has 2 N–H and O–H groups in total. The first-order valence-electron chi connectivity index (χ1n) is 7.28. The Kier molecular flexibility index (Phi) is 3.62. The molecule has 0 spiro atoms. The summed E-state index contributed by atoms with van der Waals surface area (Å²) in [5.41, 5.74) is 4.23. The van der Waals surface area contributed by atoms with E-state index in [1.807, 2.05) is 50.2 Å². The van der Waals surface area contributed by atoms with E-state index in [1.54, 1.807) is 7.11 Å². The number of methoxy groups -OCH3 is 1. The first kappa shape index (κ1) is 14.6. The number of benzene rings is 2. The molecule has 2 aromatic carbocycles. The van der Waals surface area contributed by atoms with Crippen LogP contribution < -0.4 is 10.1 Å². The third-order valence-electron chi connectivity index (χ3n) is 4.18. The lowest BCUT2D eigenvalue weighted by Gasteiger charge is -2.17. The molecular formula is C18H19NO3. The van der Waals surface area contributed by atoms with Crippen molar-refractivity contribution < 1.29 is 14.6 Å². The molecule has 0 aromatic heterocycles. The van der Waals surface area contributed by atoms with E-state index in [9.17, 15) is 9.90 Å². The fourth-order valence-electron chi connectivity index (χ4n) is 2.88. The zero-order chi connectivity index (χ0) is 15.9. The van der Waals surface area contributed by atoms with Gasteiger partial charge in [-0.25, -0.2) is 0 Å². The van der Waals surface area contributed by atoms with Crippen molar-refractivity contribution in [1.29, 1.82) is 0 Å². The van der Waals surface area contributed by atoms with Gasteiger partial charge in [0.1, 0.15) is 11.9 Å². The minimum Gasteiger partial charge on any atom is -0.497 e. The average molecular weight is 297 g/mol. The van der Waals surface area contributed by atoms with Crippen molar-refractivity contribution in [2.75, 3.05) is 12.4 Å². The van der Waals surface area contributed by atoms with E-state index < -0.39 is 6.10 Å². The van der Waals surface area contributed by atoms with Crippen LogP contribution in [0.1, 0.15) is 41.2 Å². The number of carbonyl (C=O) groups excluding carboxylic acids is 1. The monoisotopic (exact) mass is 297 g/mol. The second-order valence-corrected chi connectivity index (χ2v) is 5.71. The third-order valence-corrected chi connectivity index (χ3v) is 4.18. The number of aliphatic hydroxyl groups excluding tert-OH is 1. The molecule has 4 heteroatoms. The number of aryl methyl sites for hydroxylation is 1. The van der Waals surface area contributed by atoms with E-state index in [0.717, 1.165) is 33.7 Å². The highest BCUT2D eigenvalue weighted by molar-refractivity contribution is 6.03. The minimum atomic E-state index is -0.787. The largest absolute Gasteiger partial charge is 0.497 e. The van der Waals surface area contributed by atoms with Crippen LogP contribution in [0, 0.1) is 6.92 Å². The van der Waals surface area contributed by atoms with Gasteiger partial charge in [-0.1, -0.05) is 29.8 Å². The highest BCUT2D eigenvalue weighted by Crippen LogP contribution is 2.40. The molecule has 0 fully saturated rings. The van der Waals surface area contributed by atoms with E-state index in [0.29, 0.717) is 0 Å². The molecule has 22 heavy (non-hydrogen) atoms. The van der Waals surface area contributed by atoms with Crippen molar-refractivity contribution in [2.24, 2.45) is 0 Å². The molecule has 0 radical (unpaired) electrons. The zero-order valence-electron chi connectivity index (χ0n) is 12.9. The maximum absolute atomic E-state index is 11.9. The van der Waals surface area contributed by atoms with Crippen molar-refractivity contribution in [2.45, 2.75) is 25.9 Å². The van der Waals surface area contributed by atoms with Gasteiger partial charge in [-0.2, -0.15) is 0 Å². The summed E-state index contributed by atoms with van der Waals surface area (Å²) in [4.78, 5) is 11.9. The summed E-state index contributed by atoms with van der Waals surface area (Å²) in [5, 5.41) is 13.6. The van der Waals surface area contributed by atoms with Crippen molar-refractivity contribution in [3.8, 4) is 5.75 Å². The Labute approximate surface area is 129 Å². The van der Waals surface area contributed by atoms with Crippen LogP contribution in [0.5, 0.6) is 5.75 Å². The van der Waals surface area contributed by atoms with E-state index in [2.05, 4.69) is 5.32 Å². The van der Waals surface area contributed by atoms with E-state index in [-0.39, 0.29) is 11.8 Å². The number of carbonyl (C=O) groups is 1. The summed E-state index contributed by atoms with van der Waals surface area (Å²) in [6.07, 6.45) is -0.787. The summed E-state index contributed by atoms with van der Waals surface area (Å²) in [5.74, 6) is 0.535. The number of anilines is 1. The standard InChI is InChI=1S/C18H19NO3/c1-10-8-14-11(2)18(21)19-16(14)15(9-10)17(20)12-4-6-13(22-3)7-5-12/h4-9,11,17,20H,1-3H3,(H,19,21). The van der Waals surface area contributed by atoms with Gasteiger partial charge in [0.2, 0.25) is 5.91 Å². The Hall–Kier alpha value is -2.33. The van der Waals surface area contributed by atoms with Gasteiger partial charge in [-0.15, -0.1) is 0 Å². The number of ether oxygens (including phenoxy) is 1. The van der Waals surface area contributed by atoms with Gasteiger partial charge in [-0.05, 0) is 37.1 Å². The number of fused-ring (bicyclic) bond motifs is 1. The maximum Gasteiger partial charge on any atom is 0.231 e. The predicted octanol–water partition coefficient (Wildman–Crippen LogP) is 3.14. The van der Waals surface area contributed by atoms with Gasteiger partial charge in [0.05, 0.1) is 18.7 Å². The summed E-state index contributed by atoms with van der Waals surface area (Å²) in [6.45, 7) is 3.85. The zero-order valence-corrected chi connectivity index (χ0v) is 12.9. The molecule has 114 valence electrons. The van der Waals surface area contributed by atoms with E-state index in [4.69, 9.17) is 4.74 Å². The molecule has 0 saturated heterocycles. The number of rotatable bonds is 3. The van der Waals surface area contributed by atoms with Gasteiger partial charge in [0, 0.05) is 5.56 Å². The quantitative estimate of drug-likeness (QED) is 0.915. The highest BCUT2D eigenvalue weighted by atomic mass is 16.5. The molecular weight excluding hydrogens is 278 g/mol. The van der Waals surface area contributed by atoms with Gasteiger partial charge in [0.25, 0.3) is 0 Å². The molecule has 2 unspecified atom stereocenters. The van der Waals surface area contributed by atoms with Gasteiger partial charge < -0.3 is 15.2 Å². The molecule has 1 aliphatic heterocycles. The summed E-state index contributed by atoms with van der Waals surface area (Å²) in [6, 6.07) is 11.2. The Morgan fingerprint density at radius 2 is 1.91 bits per heavy atom. The Morgan fingerprint density at radius 3 is 2.55 bits per heavy atom. The fourth-order valence-corrected chi connectivity index (χ4v) is 2.88. The molecule has 1 aliphatic rings. The molecule has 0 aliphatic carbocycles. The second kappa shape index (κ2) is 5.46. The minimum absolute atomic E-state index is 0.0243. The Morgan fingerprint density at radius 1 is 1.23 bits per heavy atom. The fraction of sp³-hybridized carbons (Fsp3) is 0.278. The van der Waals surface area contributed by atoms with Gasteiger partial charge in [-0.3, -0.25) is 4.79 Å². The first-order chi connectivity index (χ1) is 10.5. The van der Waals surface area contributed by atoms with Crippen molar-refractivity contribution in [3.05, 3.63) is 58.7 Å². The topological polar surface area (TPSA) is 58.6 Å². The molecule has 2 aromatic rings. The van der Waals surface area contributed by atoms with Crippen molar-refractivity contribution >= 4 is 11.6 Å². The van der Waals surface area contributed by atoms with Crippen LogP contribution in [0.2, 0.25) is 0 Å². The van der Waals surface area contributed by atoms with Gasteiger partial charge in [0.15, 0.2) is 0 Å². The molecule has 3 rings (SSSR count). The summed E-state index contributed by atoms with van der Waals surface area (Å²) in [7, 11) is 1.61. The van der Waals surface area contributed by atoms with Crippen LogP contribution in [-0.4, -0.2) is 18.1 Å². The molecule has 0 saturated carbocycles. The Bertz CT molecular complexity index is 722. The van der Waals surface area contributed by atoms with Gasteiger partial charge >= 0.3 is 0 Å². The second-order valence-electron chi connectivity index (χ2n) is 5.71. The number of aliphatic hydroxyl groups is 1. The molecule has 0 bridgehead atoms. The lowest BCUT2D eigenvalue weighted by molar-refractivity contribution is -0.116. The number of amides is 1. The van der Waals surface area contributed by atoms with Crippen LogP contribution in [0.15, 0.2) is 36.4 Å². The molecule has 4 nitrogen and oxygen atoms in total. The van der Waals surface area contributed by atoms with E-state index >= 15 is 0 Å². The summed E-state index contributed by atoms with van der Waals surface area (Å²) < 4.78 is 5.14. The van der Waals surface area contributed by atoms with Crippen LogP contribution in [-0.2, 0) is 4.79 Å². The first-order valence-corrected chi connectivity index (χ1v) is 7.28. The normalized spacial score (nSPS) is 17.8. The lowest BCUT2D eigenvalue weighted by Crippen LogP contribution is -2.09. The Balaban J connectivity index is 2.04. The predicted molar refractivity (Wildman–Crippen MR) is 85.3 cm³/mol. The van der Waals surface area contributed by atoms with Crippen LogP contribution in [0.25, 0.3) is 0 Å². The highest BCUT2D eigenvalue weighted by Gasteiger charge is 2.30. The lowest BCUT2D eigenvalue weighted by atomic mass is 9.93. The molecule has 1 amide bonds. The number of hydrogen-bond donors (Lipinski definition) is 2. The number of hydrogen-bond acceptors (Lipinski definition) is 3. The number of nitrogens with one attached hydrogen (secondary N) is 1. The summed E-state index contributed by atoms with van der Waals surface area (Å²) >= 11 is 0. The molecule has 1 heterocycles. The van der Waals surface area contributed by atoms with Crippen LogP contribution in [0.3, 0.4) is 0 Å². The smallest absolute Gasteiger partial charge is 0.231 e.